The van der Waals surface area contributed by atoms with Gasteiger partial charge in [0.2, 0.25) is 0 Å². The van der Waals surface area contributed by atoms with Crippen LogP contribution in [-0.4, -0.2) is 67.6 Å². The van der Waals surface area contributed by atoms with Crippen molar-refractivity contribution in [1.29, 1.82) is 0 Å². The number of aryl methyl sites for hydroxylation is 1. The molecule has 0 radical (unpaired) electrons. The molecule has 8 nitrogen and oxygen atoms in total. The Morgan fingerprint density at radius 3 is 2.34 bits per heavy atom. The Hall–Kier alpha value is -3.82. The molecule has 2 aliphatic rings. The molecule has 1 N–H and O–H groups in total. The highest BCUT2D eigenvalue weighted by Crippen LogP contribution is 2.38. The third kappa shape index (κ3) is 4.87. The normalized spacial score (nSPS) is 16.2. The monoisotopic (exact) mass is 514 g/mol. The zero-order valence-corrected chi connectivity index (χ0v) is 21.7. The van der Waals surface area contributed by atoms with Crippen LogP contribution >= 0.6 is 0 Å². The molecule has 0 saturated carbocycles. The fourth-order valence-electron chi connectivity index (χ4n) is 5.10. The summed E-state index contributed by atoms with van der Waals surface area (Å²) in [6.45, 7) is 9.92. The lowest BCUT2D eigenvalue weighted by Crippen LogP contribution is -2.38. The van der Waals surface area contributed by atoms with E-state index in [0.717, 1.165) is 77.0 Å². The number of fused-ring (bicyclic) bond motifs is 1. The van der Waals surface area contributed by atoms with Gasteiger partial charge < -0.3 is 24.6 Å². The summed E-state index contributed by atoms with van der Waals surface area (Å²) in [4.78, 5) is 18.9. The molecule has 3 aromatic heterocycles. The Balaban J connectivity index is 1.50. The average molecular weight is 515 g/mol. The predicted molar refractivity (Wildman–Crippen MR) is 148 cm³/mol. The number of benzene rings is 1. The van der Waals surface area contributed by atoms with Gasteiger partial charge in [0.15, 0.2) is 5.82 Å². The SMILES string of the molecule is Cc1ccnc(-c2nc3cc(F)ccc3c(Nc3cc(N4CCOCC4)cnc3N3CCOCC3)c2C)c1. The molecule has 0 spiro atoms. The van der Waals surface area contributed by atoms with Gasteiger partial charge in [-0.2, -0.15) is 0 Å². The highest BCUT2D eigenvalue weighted by atomic mass is 19.1. The third-order valence-electron chi connectivity index (χ3n) is 7.15. The summed E-state index contributed by atoms with van der Waals surface area (Å²) in [6, 6.07) is 10.9. The van der Waals surface area contributed by atoms with Crippen molar-refractivity contribution in [3.63, 3.8) is 0 Å². The van der Waals surface area contributed by atoms with Crippen LogP contribution < -0.4 is 15.1 Å². The molecular weight excluding hydrogens is 483 g/mol. The quantitative estimate of drug-likeness (QED) is 0.405. The first-order valence-electron chi connectivity index (χ1n) is 13.0. The molecule has 0 atom stereocenters. The highest BCUT2D eigenvalue weighted by Gasteiger charge is 2.22. The molecule has 196 valence electrons. The van der Waals surface area contributed by atoms with E-state index in [9.17, 15) is 4.39 Å². The smallest absolute Gasteiger partial charge is 0.152 e. The van der Waals surface area contributed by atoms with Crippen LogP contribution in [0.4, 0.5) is 27.3 Å². The summed E-state index contributed by atoms with van der Waals surface area (Å²) < 4.78 is 25.5. The number of rotatable bonds is 5. The van der Waals surface area contributed by atoms with Crippen LogP contribution in [0.25, 0.3) is 22.3 Å². The largest absolute Gasteiger partial charge is 0.378 e. The van der Waals surface area contributed by atoms with E-state index in [1.54, 1.807) is 12.3 Å². The molecule has 4 aromatic rings. The molecule has 6 rings (SSSR count). The topological polar surface area (TPSA) is 75.6 Å². The third-order valence-corrected chi connectivity index (χ3v) is 7.15. The first kappa shape index (κ1) is 24.5. The second-order valence-electron chi connectivity index (χ2n) is 9.73. The fourth-order valence-corrected chi connectivity index (χ4v) is 5.10. The Morgan fingerprint density at radius 1 is 0.868 bits per heavy atom. The molecule has 9 heteroatoms. The second-order valence-corrected chi connectivity index (χ2v) is 9.73. The van der Waals surface area contributed by atoms with Crippen molar-refractivity contribution < 1.29 is 13.9 Å². The number of hydrogen-bond donors (Lipinski definition) is 1. The number of ether oxygens (including phenoxy) is 2. The maximum absolute atomic E-state index is 14.3. The zero-order valence-electron chi connectivity index (χ0n) is 21.7. The molecule has 0 bridgehead atoms. The van der Waals surface area contributed by atoms with Gasteiger partial charge in [0.1, 0.15) is 5.82 Å². The van der Waals surface area contributed by atoms with Gasteiger partial charge in [-0.05, 0) is 49.7 Å². The van der Waals surface area contributed by atoms with Crippen molar-refractivity contribution in [3.05, 3.63) is 65.7 Å². The van der Waals surface area contributed by atoms with Crippen molar-refractivity contribution in [2.24, 2.45) is 0 Å². The standard InChI is InChI=1S/C29H31FN6O2/c1-19-5-6-31-25(15-19)28-20(2)27(23-4-3-21(30)16-24(23)33-28)34-26-17-22(35-7-11-37-12-8-35)18-32-29(26)36-9-13-38-14-10-36/h3-6,15-18H,7-14H2,1-2H3,(H,33,34). The van der Waals surface area contributed by atoms with Crippen molar-refractivity contribution >= 4 is 33.8 Å². The number of nitrogens with zero attached hydrogens (tertiary/aromatic N) is 5. The van der Waals surface area contributed by atoms with E-state index < -0.39 is 0 Å². The van der Waals surface area contributed by atoms with Gasteiger partial charge >= 0.3 is 0 Å². The van der Waals surface area contributed by atoms with Crippen molar-refractivity contribution in [2.75, 3.05) is 67.7 Å². The minimum atomic E-state index is -0.326. The number of aromatic nitrogens is 3. The van der Waals surface area contributed by atoms with Crippen molar-refractivity contribution in [1.82, 2.24) is 15.0 Å². The maximum atomic E-state index is 14.3. The molecule has 2 saturated heterocycles. The first-order valence-corrected chi connectivity index (χ1v) is 13.0. The van der Waals surface area contributed by atoms with Crippen LogP contribution in [0.2, 0.25) is 0 Å². The molecule has 1 aromatic carbocycles. The number of morpholine rings is 2. The Bertz CT molecular complexity index is 1470. The van der Waals surface area contributed by atoms with E-state index in [2.05, 4.69) is 26.2 Å². The summed E-state index contributed by atoms with van der Waals surface area (Å²) in [5.74, 6) is 0.542. The van der Waals surface area contributed by atoms with E-state index in [4.69, 9.17) is 19.4 Å². The molecule has 0 amide bonds. The van der Waals surface area contributed by atoms with Crippen LogP contribution in [0.1, 0.15) is 11.1 Å². The predicted octanol–water partition coefficient (Wildman–Crippen LogP) is 4.86. The Morgan fingerprint density at radius 2 is 1.61 bits per heavy atom. The summed E-state index contributed by atoms with van der Waals surface area (Å²) in [5.41, 5.74) is 6.86. The van der Waals surface area contributed by atoms with E-state index in [0.29, 0.717) is 31.9 Å². The van der Waals surface area contributed by atoms with E-state index in [-0.39, 0.29) is 5.82 Å². The molecular formula is C29H31FN6O2. The van der Waals surface area contributed by atoms with Gasteiger partial charge in [-0.3, -0.25) is 4.98 Å². The van der Waals surface area contributed by atoms with E-state index in [1.165, 1.54) is 12.1 Å². The number of pyridine rings is 3. The van der Waals surface area contributed by atoms with Gasteiger partial charge in [0.05, 0.1) is 66.6 Å². The van der Waals surface area contributed by atoms with Gasteiger partial charge in [-0.1, -0.05) is 0 Å². The minimum Gasteiger partial charge on any atom is -0.378 e. The van der Waals surface area contributed by atoms with Gasteiger partial charge in [0, 0.05) is 49.4 Å². The lowest BCUT2D eigenvalue weighted by atomic mass is 10.0. The highest BCUT2D eigenvalue weighted by molar-refractivity contribution is 5.98. The van der Waals surface area contributed by atoms with Crippen LogP contribution in [0, 0.1) is 19.7 Å². The van der Waals surface area contributed by atoms with E-state index in [1.807, 2.05) is 32.2 Å². The number of halogens is 1. The number of hydrogen-bond acceptors (Lipinski definition) is 8. The molecule has 5 heterocycles. The summed E-state index contributed by atoms with van der Waals surface area (Å²) in [7, 11) is 0. The maximum Gasteiger partial charge on any atom is 0.152 e. The lowest BCUT2D eigenvalue weighted by Gasteiger charge is -2.32. The molecule has 0 unspecified atom stereocenters. The summed E-state index contributed by atoms with van der Waals surface area (Å²) >= 11 is 0. The number of nitrogens with one attached hydrogen (secondary N) is 1. The van der Waals surface area contributed by atoms with E-state index >= 15 is 0 Å². The van der Waals surface area contributed by atoms with Gasteiger partial charge in [-0.25, -0.2) is 14.4 Å². The zero-order chi connectivity index (χ0) is 26.1. The van der Waals surface area contributed by atoms with Crippen LogP contribution in [0.5, 0.6) is 0 Å². The van der Waals surface area contributed by atoms with Gasteiger partial charge in [-0.15, -0.1) is 0 Å². The molecule has 2 aliphatic heterocycles. The summed E-state index contributed by atoms with van der Waals surface area (Å²) in [5, 5.41) is 4.55. The summed E-state index contributed by atoms with van der Waals surface area (Å²) in [6.07, 6.45) is 3.72. The fraction of sp³-hybridized carbons (Fsp3) is 0.345. The van der Waals surface area contributed by atoms with Gasteiger partial charge in [0.25, 0.3) is 0 Å². The van der Waals surface area contributed by atoms with Crippen molar-refractivity contribution in [2.45, 2.75) is 13.8 Å². The van der Waals surface area contributed by atoms with Crippen LogP contribution in [0.15, 0.2) is 48.8 Å². The second kappa shape index (κ2) is 10.5. The molecule has 0 aliphatic carbocycles. The Kier molecular flexibility index (Phi) is 6.78. The first-order chi connectivity index (χ1) is 18.6. The van der Waals surface area contributed by atoms with Crippen LogP contribution in [-0.2, 0) is 9.47 Å². The minimum absolute atomic E-state index is 0.326. The average Bonchev–Trinajstić information content (AvgIpc) is 2.95. The van der Waals surface area contributed by atoms with Crippen LogP contribution in [0.3, 0.4) is 0 Å². The number of anilines is 4. The Labute approximate surface area is 221 Å². The molecule has 38 heavy (non-hydrogen) atoms. The van der Waals surface area contributed by atoms with Crippen molar-refractivity contribution in [3.8, 4) is 11.4 Å². The molecule has 2 fully saturated rings. The lowest BCUT2D eigenvalue weighted by molar-refractivity contribution is 0.122.